The molecule has 2 aromatic rings. The second-order valence-corrected chi connectivity index (χ2v) is 5.29. The summed E-state index contributed by atoms with van der Waals surface area (Å²) in [7, 11) is 0. The zero-order valence-electron chi connectivity index (χ0n) is 12.8. The number of hydrogen-bond donors (Lipinski definition) is 2. The lowest BCUT2D eigenvalue weighted by Gasteiger charge is -2.07. The lowest BCUT2D eigenvalue weighted by atomic mass is 10.1. The van der Waals surface area contributed by atoms with Crippen LogP contribution in [0.25, 0.3) is 11.3 Å². The van der Waals surface area contributed by atoms with Crippen LogP contribution in [0.2, 0.25) is 0 Å². The van der Waals surface area contributed by atoms with E-state index in [2.05, 4.69) is 34.6 Å². The summed E-state index contributed by atoms with van der Waals surface area (Å²) in [5, 5.41) is 14.6. The van der Waals surface area contributed by atoms with Gasteiger partial charge in [-0.3, -0.25) is 0 Å². The van der Waals surface area contributed by atoms with Crippen LogP contribution in [0, 0.1) is 0 Å². The Bertz CT molecular complexity index is 510. The van der Waals surface area contributed by atoms with E-state index < -0.39 is 0 Å². The number of benzene rings is 1. The molecular formula is C16H24N4O. The molecule has 0 amide bonds. The average Bonchev–Trinajstić information content (AvgIpc) is 2.95. The minimum Gasteiger partial charge on any atom is -0.379 e. The Balaban J connectivity index is 1.71. The van der Waals surface area contributed by atoms with Gasteiger partial charge in [0.2, 0.25) is 0 Å². The van der Waals surface area contributed by atoms with E-state index >= 15 is 0 Å². The highest BCUT2D eigenvalue weighted by Crippen LogP contribution is 2.18. The fourth-order valence-electron chi connectivity index (χ4n) is 2.08. The summed E-state index contributed by atoms with van der Waals surface area (Å²) in [6.07, 6.45) is 2.50. The van der Waals surface area contributed by atoms with Crippen LogP contribution in [0.4, 0.5) is 0 Å². The van der Waals surface area contributed by atoms with Gasteiger partial charge in [-0.15, -0.1) is 0 Å². The fraction of sp³-hybridized carbons (Fsp3) is 0.500. The van der Waals surface area contributed by atoms with Crippen LogP contribution < -0.4 is 5.32 Å². The predicted molar refractivity (Wildman–Crippen MR) is 83.8 cm³/mol. The monoisotopic (exact) mass is 288 g/mol. The smallest absolute Gasteiger partial charge is 0.117 e. The molecule has 0 bridgehead atoms. The van der Waals surface area contributed by atoms with Gasteiger partial charge in [0.1, 0.15) is 11.4 Å². The van der Waals surface area contributed by atoms with Crippen LogP contribution in [0.1, 0.15) is 32.4 Å². The third-order valence-corrected chi connectivity index (χ3v) is 3.16. The predicted octanol–water partition coefficient (Wildman–Crippen LogP) is 2.77. The van der Waals surface area contributed by atoms with Gasteiger partial charge in [0.15, 0.2) is 0 Å². The lowest BCUT2D eigenvalue weighted by Crippen LogP contribution is -2.16. The maximum Gasteiger partial charge on any atom is 0.117 e. The number of unbranched alkanes of at least 4 members (excludes halogenated alkanes) is 1. The molecule has 114 valence electrons. The molecule has 0 saturated carbocycles. The first-order valence-electron chi connectivity index (χ1n) is 7.54. The molecule has 1 aromatic heterocycles. The summed E-state index contributed by atoms with van der Waals surface area (Å²) >= 11 is 0. The van der Waals surface area contributed by atoms with Gasteiger partial charge in [-0.2, -0.15) is 15.4 Å². The second-order valence-electron chi connectivity index (χ2n) is 5.29. The Morgan fingerprint density at radius 2 is 1.95 bits per heavy atom. The molecule has 0 aliphatic carbocycles. The van der Waals surface area contributed by atoms with E-state index in [0.29, 0.717) is 6.10 Å². The van der Waals surface area contributed by atoms with Crippen molar-refractivity contribution in [3.8, 4) is 11.3 Å². The Morgan fingerprint density at radius 3 is 2.71 bits per heavy atom. The van der Waals surface area contributed by atoms with E-state index in [4.69, 9.17) is 4.74 Å². The maximum atomic E-state index is 5.52. The molecule has 0 spiro atoms. The van der Waals surface area contributed by atoms with E-state index in [-0.39, 0.29) is 0 Å². The summed E-state index contributed by atoms with van der Waals surface area (Å²) < 4.78 is 5.52. The second kappa shape index (κ2) is 8.54. The Labute approximate surface area is 126 Å². The van der Waals surface area contributed by atoms with Crippen molar-refractivity contribution in [1.82, 2.24) is 20.7 Å². The summed E-state index contributed by atoms with van der Waals surface area (Å²) in [5.41, 5.74) is 2.97. The first-order valence-corrected chi connectivity index (χ1v) is 7.54. The molecule has 0 unspecified atom stereocenters. The number of rotatable bonds is 9. The van der Waals surface area contributed by atoms with Gasteiger partial charge >= 0.3 is 0 Å². The van der Waals surface area contributed by atoms with Crippen molar-refractivity contribution >= 4 is 0 Å². The topological polar surface area (TPSA) is 62.8 Å². The zero-order valence-corrected chi connectivity index (χ0v) is 12.8. The number of ether oxygens (including phenoxy) is 1. The average molecular weight is 288 g/mol. The zero-order chi connectivity index (χ0) is 14.9. The number of nitrogens with zero attached hydrogens (tertiary/aromatic N) is 2. The van der Waals surface area contributed by atoms with E-state index in [1.165, 1.54) is 0 Å². The third kappa shape index (κ3) is 5.28. The van der Waals surface area contributed by atoms with Crippen LogP contribution in [0.3, 0.4) is 0 Å². The molecule has 2 rings (SSSR count). The molecule has 1 aromatic carbocycles. The van der Waals surface area contributed by atoms with Gasteiger partial charge in [-0.1, -0.05) is 30.3 Å². The maximum absolute atomic E-state index is 5.52. The van der Waals surface area contributed by atoms with Crippen molar-refractivity contribution in [2.75, 3.05) is 13.2 Å². The van der Waals surface area contributed by atoms with E-state index in [9.17, 15) is 0 Å². The van der Waals surface area contributed by atoms with Crippen LogP contribution in [0.15, 0.2) is 30.3 Å². The molecule has 0 radical (unpaired) electrons. The molecule has 0 atom stereocenters. The molecule has 0 aliphatic rings. The number of nitrogens with one attached hydrogen (secondary N) is 2. The third-order valence-electron chi connectivity index (χ3n) is 3.16. The normalized spacial score (nSPS) is 11.2. The van der Waals surface area contributed by atoms with Crippen molar-refractivity contribution in [2.24, 2.45) is 0 Å². The molecule has 0 fully saturated rings. The van der Waals surface area contributed by atoms with Gasteiger partial charge in [-0.05, 0) is 33.2 Å². The largest absolute Gasteiger partial charge is 0.379 e. The van der Waals surface area contributed by atoms with Crippen molar-refractivity contribution in [2.45, 2.75) is 39.3 Å². The van der Waals surface area contributed by atoms with Gasteiger partial charge < -0.3 is 10.1 Å². The van der Waals surface area contributed by atoms with Gasteiger partial charge in [-0.25, -0.2) is 0 Å². The summed E-state index contributed by atoms with van der Waals surface area (Å²) in [6, 6.07) is 10.1. The molecule has 21 heavy (non-hydrogen) atoms. The van der Waals surface area contributed by atoms with E-state index in [1.807, 2.05) is 30.3 Å². The van der Waals surface area contributed by atoms with Gasteiger partial charge in [0.25, 0.3) is 0 Å². The molecule has 2 N–H and O–H groups in total. The van der Waals surface area contributed by atoms with Crippen molar-refractivity contribution in [1.29, 1.82) is 0 Å². The molecule has 1 heterocycles. The summed E-state index contributed by atoms with van der Waals surface area (Å²) in [5.74, 6) is 0. The quantitative estimate of drug-likeness (QED) is 0.696. The molecule has 5 nitrogen and oxygen atoms in total. The van der Waals surface area contributed by atoms with Crippen molar-refractivity contribution in [3.63, 3.8) is 0 Å². The minimum atomic E-state index is 0.321. The van der Waals surface area contributed by atoms with Crippen molar-refractivity contribution in [3.05, 3.63) is 36.0 Å². The molecule has 0 saturated heterocycles. The first-order chi connectivity index (χ1) is 10.3. The summed E-state index contributed by atoms with van der Waals surface area (Å²) in [6.45, 7) is 6.65. The van der Waals surface area contributed by atoms with Gasteiger partial charge in [0, 0.05) is 18.7 Å². The number of hydrogen-bond acceptors (Lipinski definition) is 4. The highest BCUT2D eigenvalue weighted by atomic mass is 16.5. The SMILES string of the molecule is CC(C)OCCCCNCc1n[nH]nc1-c1ccccc1. The van der Waals surface area contributed by atoms with Crippen molar-refractivity contribution < 1.29 is 4.74 Å². The van der Waals surface area contributed by atoms with E-state index in [1.54, 1.807) is 0 Å². The lowest BCUT2D eigenvalue weighted by molar-refractivity contribution is 0.0760. The number of aromatic amines is 1. The number of aromatic nitrogens is 3. The highest BCUT2D eigenvalue weighted by Gasteiger charge is 2.08. The van der Waals surface area contributed by atoms with Crippen LogP contribution in [-0.4, -0.2) is 34.7 Å². The van der Waals surface area contributed by atoms with Crippen LogP contribution >= 0.6 is 0 Å². The standard InChI is InChI=1S/C16H24N4O/c1-13(2)21-11-7-6-10-17-12-15-16(19-20-18-15)14-8-4-3-5-9-14/h3-5,8-9,13,17H,6-7,10-12H2,1-2H3,(H,18,19,20). The number of H-pyrrole nitrogens is 1. The molecule has 5 heteroatoms. The van der Waals surface area contributed by atoms with E-state index in [0.717, 1.165) is 49.5 Å². The van der Waals surface area contributed by atoms with Crippen LogP contribution in [0.5, 0.6) is 0 Å². The van der Waals surface area contributed by atoms with Gasteiger partial charge in [0.05, 0.1) is 6.10 Å². The highest BCUT2D eigenvalue weighted by molar-refractivity contribution is 5.60. The molecule has 0 aliphatic heterocycles. The summed E-state index contributed by atoms with van der Waals surface area (Å²) in [4.78, 5) is 0. The first kappa shape index (κ1) is 15.7. The minimum absolute atomic E-state index is 0.321. The fourth-order valence-corrected chi connectivity index (χ4v) is 2.08. The Kier molecular flexibility index (Phi) is 6.37. The Hall–Kier alpha value is -1.72. The Morgan fingerprint density at radius 1 is 1.14 bits per heavy atom. The molecular weight excluding hydrogens is 264 g/mol. The van der Waals surface area contributed by atoms with Crippen LogP contribution in [-0.2, 0) is 11.3 Å².